The Morgan fingerprint density at radius 3 is 2.50 bits per heavy atom. The molecule has 0 N–H and O–H groups in total. The van der Waals surface area contributed by atoms with E-state index < -0.39 is 0 Å². The van der Waals surface area contributed by atoms with Gasteiger partial charge in [0.25, 0.3) is 0 Å². The van der Waals surface area contributed by atoms with Crippen molar-refractivity contribution in [2.45, 2.75) is 19.8 Å². The molecule has 0 bridgehead atoms. The molecule has 2 aromatic rings. The summed E-state index contributed by atoms with van der Waals surface area (Å²) < 4.78 is 1.14. The number of hydrogen-bond acceptors (Lipinski definition) is 2. The molecule has 4 heteroatoms. The highest BCUT2D eigenvalue weighted by Gasteiger charge is 2.11. The first-order valence-corrected chi connectivity index (χ1v) is 8.68. The molecule has 1 atom stereocenters. The first-order chi connectivity index (χ1) is 8.67. The molecule has 0 spiro atoms. The van der Waals surface area contributed by atoms with Crippen LogP contribution in [-0.4, -0.2) is 10.3 Å². The van der Waals surface area contributed by atoms with Crippen LogP contribution in [0.15, 0.2) is 34.1 Å². The first kappa shape index (κ1) is 14.2. The van der Waals surface area contributed by atoms with Crippen molar-refractivity contribution in [1.29, 1.82) is 0 Å². The van der Waals surface area contributed by atoms with Gasteiger partial charge in [0, 0.05) is 15.2 Å². The standard InChI is InChI=1S/C14H15Br2NS/c1-10-17-14(9-18-10)7-12(8-15)6-11-2-4-13(16)5-3-11/h2-5,9,12H,6-8H2,1H3. The molecule has 1 aromatic carbocycles. The predicted molar refractivity (Wildman–Crippen MR) is 85.7 cm³/mol. The number of nitrogens with zero attached hydrogens (tertiary/aromatic N) is 1. The van der Waals surface area contributed by atoms with E-state index in [1.165, 1.54) is 11.3 Å². The summed E-state index contributed by atoms with van der Waals surface area (Å²) in [6.07, 6.45) is 2.14. The summed E-state index contributed by atoms with van der Waals surface area (Å²) in [5.41, 5.74) is 2.61. The van der Waals surface area contributed by atoms with Gasteiger partial charge in [-0.05, 0) is 43.4 Å². The molecule has 1 unspecified atom stereocenters. The molecule has 0 saturated heterocycles. The summed E-state index contributed by atoms with van der Waals surface area (Å²) in [5.74, 6) is 0.604. The first-order valence-electron chi connectivity index (χ1n) is 5.89. The highest BCUT2D eigenvalue weighted by atomic mass is 79.9. The van der Waals surface area contributed by atoms with Gasteiger partial charge in [0.15, 0.2) is 0 Å². The number of benzene rings is 1. The third-order valence-corrected chi connectivity index (χ3v) is 5.09. The largest absolute Gasteiger partial charge is 0.247 e. The zero-order valence-electron chi connectivity index (χ0n) is 10.2. The molecule has 0 amide bonds. The van der Waals surface area contributed by atoms with Crippen LogP contribution in [0, 0.1) is 12.8 Å². The maximum Gasteiger partial charge on any atom is 0.0897 e. The molecule has 0 aliphatic rings. The fourth-order valence-electron chi connectivity index (χ4n) is 1.93. The molecular formula is C14H15Br2NS. The Morgan fingerprint density at radius 2 is 1.94 bits per heavy atom. The van der Waals surface area contributed by atoms with Gasteiger partial charge in [-0.2, -0.15) is 0 Å². The number of aryl methyl sites for hydroxylation is 1. The molecule has 0 aliphatic heterocycles. The van der Waals surface area contributed by atoms with Crippen molar-refractivity contribution in [1.82, 2.24) is 4.98 Å². The van der Waals surface area contributed by atoms with Crippen molar-refractivity contribution >= 4 is 43.2 Å². The molecule has 2 rings (SSSR count). The summed E-state index contributed by atoms with van der Waals surface area (Å²) in [6, 6.07) is 8.58. The second-order valence-corrected chi connectivity index (χ2v) is 7.04. The van der Waals surface area contributed by atoms with E-state index in [-0.39, 0.29) is 0 Å². The minimum Gasteiger partial charge on any atom is -0.247 e. The molecule has 1 nitrogen and oxygen atoms in total. The van der Waals surface area contributed by atoms with Crippen LogP contribution < -0.4 is 0 Å². The Morgan fingerprint density at radius 1 is 1.22 bits per heavy atom. The summed E-state index contributed by atoms with van der Waals surface area (Å²) in [4.78, 5) is 4.54. The number of halogens is 2. The van der Waals surface area contributed by atoms with Gasteiger partial charge in [0.1, 0.15) is 0 Å². The highest BCUT2D eigenvalue weighted by Crippen LogP contribution is 2.19. The van der Waals surface area contributed by atoms with Gasteiger partial charge in [-0.25, -0.2) is 4.98 Å². The number of aromatic nitrogens is 1. The Balaban J connectivity index is 1.99. The van der Waals surface area contributed by atoms with E-state index in [0.717, 1.165) is 27.7 Å². The van der Waals surface area contributed by atoms with E-state index in [4.69, 9.17) is 0 Å². The Bertz CT molecular complexity index is 493. The van der Waals surface area contributed by atoms with Crippen molar-refractivity contribution in [2.24, 2.45) is 5.92 Å². The fourth-order valence-corrected chi connectivity index (χ4v) is 3.28. The van der Waals surface area contributed by atoms with Crippen LogP contribution in [0.1, 0.15) is 16.3 Å². The van der Waals surface area contributed by atoms with Crippen LogP contribution >= 0.6 is 43.2 Å². The summed E-state index contributed by atoms with van der Waals surface area (Å²) in [6.45, 7) is 2.06. The minimum atomic E-state index is 0.604. The van der Waals surface area contributed by atoms with Crippen LogP contribution in [0.5, 0.6) is 0 Å². The van der Waals surface area contributed by atoms with Crippen molar-refractivity contribution in [3.63, 3.8) is 0 Å². The lowest BCUT2D eigenvalue weighted by atomic mass is 9.97. The predicted octanol–water partition coefficient (Wildman–Crippen LogP) is 5.01. The Hall–Kier alpha value is -0.190. The fraction of sp³-hybridized carbons (Fsp3) is 0.357. The second kappa shape index (κ2) is 6.83. The third kappa shape index (κ3) is 4.18. The van der Waals surface area contributed by atoms with Gasteiger partial charge in [-0.3, -0.25) is 0 Å². The Labute approximate surface area is 129 Å². The van der Waals surface area contributed by atoms with Gasteiger partial charge in [0.2, 0.25) is 0 Å². The maximum atomic E-state index is 4.54. The van der Waals surface area contributed by atoms with Gasteiger partial charge < -0.3 is 0 Å². The molecule has 96 valence electrons. The van der Waals surface area contributed by atoms with Gasteiger partial charge >= 0.3 is 0 Å². The molecule has 1 aromatic heterocycles. The smallest absolute Gasteiger partial charge is 0.0897 e. The van der Waals surface area contributed by atoms with Crippen LogP contribution in [0.3, 0.4) is 0 Å². The molecule has 18 heavy (non-hydrogen) atoms. The number of hydrogen-bond donors (Lipinski definition) is 0. The van der Waals surface area contributed by atoms with E-state index in [0.29, 0.717) is 5.92 Å². The SMILES string of the molecule is Cc1nc(CC(CBr)Cc2ccc(Br)cc2)cs1. The third-order valence-electron chi connectivity index (χ3n) is 2.82. The average molecular weight is 389 g/mol. The monoisotopic (exact) mass is 387 g/mol. The topological polar surface area (TPSA) is 12.9 Å². The summed E-state index contributed by atoms with van der Waals surface area (Å²) >= 11 is 8.82. The van der Waals surface area contributed by atoms with Gasteiger partial charge in [0.05, 0.1) is 10.7 Å². The van der Waals surface area contributed by atoms with Crippen molar-refractivity contribution in [2.75, 3.05) is 5.33 Å². The highest BCUT2D eigenvalue weighted by molar-refractivity contribution is 9.10. The molecule has 0 aliphatic carbocycles. The van der Waals surface area contributed by atoms with E-state index >= 15 is 0 Å². The Kier molecular flexibility index (Phi) is 5.39. The molecule has 0 fully saturated rings. The van der Waals surface area contributed by atoms with Gasteiger partial charge in [-0.1, -0.05) is 44.0 Å². The number of alkyl halides is 1. The van der Waals surface area contributed by atoms with Crippen LogP contribution in [-0.2, 0) is 12.8 Å². The van der Waals surface area contributed by atoms with E-state index in [1.807, 2.05) is 0 Å². The van der Waals surface area contributed by atoms with E-state index in [1.54, 1.807) is 11.3 Å². The second-order valence-electron chi connectivity index (χ2n) is 4.41. The lowest BCUT2D eigenvalue weighted by Crippen LogP contribution is -2.10. The summed E-state index contributed by atoms with van der Waals surface area (Å²) in [7, 11) is 0. The molecular weight excluding hydrogens is 374 g/mol. The quantitative estimate of drug-likeness (QED) is 0.656. The minimum absolute atomic E-state index is 0.604. The van der Waals surface area contributed by atoms with Crippen molar-refractivity contribution in [3.05, 3.63) is 50.4 Å². The lowest BCUT2D eigenvalue weighted by molar-refractivity contribution is 0.584. The van der Waals surface area contributed by atoms with E-state index in [2.05, 4.69) is 73.4 Å². The van der Waals surface area contributed by atoms with Gasteiger partial charge in [-0.15, -0.1) is 11.3 Å². The van der Waals surface area contributed by atoms with Crippen LogP contribution in [0.2, 0.25) is 0 Å². The molecule has 1 heterocycles. The molecule has 0 saturated carbocycles. The molecule has 0 radical (unpaired) electrons. The lowest BCUT2D eigenvalue weighted by Gasteiger charge is -2.12. The number of thiazole rings is 1. The average Bonchev–Trinajstić information content (AvgIpc) is 2.77. The maximum absolute atomic E-state index is 4.54. The van der Waals surface area contributed by atoms with Crippen LogP contribution in [0.4, 0.5) is 0 Å². The zero-order valence-corrected chi connectivity index (χ0v) is 14.2. The normalized spacial score (nSPS) is 12.6. The summed E-state index contributed by atoms with van der Waals surface area (Å²) in [5, 5.41) is 4.34. The van der Waals surface area contributed by atoms with Crippen molar-refractivity contribution in [3.8, 4) is 0 Å². The van der Waals surface area contributed by atoms with Crippen LogP contribution in [0.25, 0.3) is 0 Å². The number of rotatable bonds is 5. The van der Waals surface area contributed by atoms with E-state index in [9.17, 15) is 0 Å². The zero-order chi connectivity index (χ0) is 13.0. The van der Waals surface area contributed by atoms with Crippen molar-refractivity contribution < 1.29 is 0 Å².